The van der Waals surface area contributed by atoms with Gasteiger partial charge in [-0.3, -0.25) is 4.79 Å². The average Bonchev–Trinajstić information content (AvgIpc) is 3.11. The van der Waals surface area contributed by atoms with Gasteiger partial charge in [0.25, 0.3) is 5.91 Å². The molecular formula is C23H23N3O2. The summed E-state index contributed by atoms with van der Waals surface area (Å²) in [7, 11) is 1.59. The van der Waals surface area contributed by atoms with Crippen molar-refractivity contribution < 1.29 is 9.53 Å². The van der Waals surface area contributed by atoms with Gasteiger partial charge in [0, 0.05) is 47.0 Å². The number of aromatic nitrogens is 1. The van der Waals surface area contributed by atoms with Crippen LogP contribution in [0.3, 0.4) is 0 Å². The maximum Gasteiger partial charge on any atom is 0.251 e. The highest BCUT2D eigenvalue weighted by atomic mass is 16.5. The van der Waals surface area contributed by atoms with Crippen molar-refractivity contribution in [1.29, 1.82) is 0 Å². The Kier molecular flexibility index (Phi) is 5.26. The predicted octanol–water partition coefficient (Wildman–Crippen LogP) is 3.85. The van der Waals surface area contributed by atoms with Gasteiger partial charge in [-0.15, -0.1) is 0 Å². The van der Waals surface area contributed by atoms with E-state index in [2.05, 4.69) is 52.0 Å². The Labute approximate surface area is 163 Å². The molecule has 0 saturated carbocycles. The minimum absolute atomic E-state index is 0.0964. The topological polar surface area (TPSA) is 66.2 Å². The van der Waals surface area contributed by atoms with Crippen LogP contribution < -0.4 is 15.4 Å². The van der Waals surface area contributed by atoms with Crippen molar-refractivity contribution >= 4 is 27.7 Å². The molecule has 0 radical (unpaired) electrons. The number of hydrogen-bond donors (Lipinski definition) is 3. The lowest BCUT2D eigenvalue weighted by molar-refractivity contribution is 0.0953. The Balaban J connectivity index is 1.30. The summed E-state index contributed by atoms with van der Waals surface area (Å²) in [6, 6.07) is 22.0. The molecular weight excluding hydrogens is 350 g/mol. The van der Waals surface area contributed by atoms with E-state index in [0.29, 0.717) is 24.4 Å². The molecule has 0 fully saturated rings. The van der Waals surface area contributed by atoms with E-state index in [4.69, 9.17) is 4.74 Å². The monoisotopic (exact) mass is 373 g/mol. The quantitative estimate of drug-likeness (QED) is 0.431. The molecule has 3 aromatic carbocycles. The minimum Gasteiger partial charge on any atom is -0.497 e. The van der Waals surface area contributed by atoms with Crippen LogP contribution in [0.1, 0.15) is 15.9 Å². The molecule has 3 N–H and O–H groups in total. The highest BCUT2D eigenvalue weighted by Crippen LogP contribution is 2.25. The van der Waals surface area contributed by atoms with Crippen molar-refractivity contribution in [3.05, 3.63) is 77.9 Å². The number of nitrogens with one attached hydrogen (secondary N) is 3. The molecule has 0 aliphatic heterocycles. The average molecular weight is 373 g/mol. The molecule has 1 amide bonds. The van der Waals surface area contributed by atoms with E-state index in [-0.39, 0.29) is 5.91 Å². The van der Waals surface area contributed by atoms with Crippen LogP contribution in [-0.4, -0.2) is 31.1 Å². The number of benzene rings is 3. The number of H-pyrrole nitrogens is 1. The summed E-state index contributed by atoms with van der Waals surface area (Å²) in [5.41, 5.74) is 4.12. The SMILES string of the molecule is COc1cccc(C(=O)NCCNCc2ccc3[nH]c4ccccc4c3c2)c1. The lowest BCUT2D eigenvalue weighted by Gasteiger charge is -2.08. The molecule has 0 aliphatic carbocycles. The molecule has 5 heteroatoms. The molecule has 0 atom stereocenters. The van der Waals surface area contributed by atoms with Crippen LogP contribution in [0.4, 0.5) is 0 Å². The van der Waals surface area contributed by atoms with Gasteiger partial charge in [0.2, 0.25) is 0 Å². The first-order valence-electron chi connectivity index (χ1n) is 9.37. The van der Waals surface area contributed by atoms with Crippen LogP contribution in [0.15, 0.2) is 66.7 Å². The number of amides is 1. The Morgan fingerprint density at radius 2 is 1.79 bits per heavy atom. The summed E-state index contributed by atoms with van der Waals surface area (Å²) in [4.78, 5) is 15.6. The number of methoxy groups -OCH3 is 1. The summed E-state index contributed by atoms with van der Waals surface area (Å²) in [6.07, 6.45) is 0. The van der Waals surface area contributed by atoms with Crippen LogP contribution >= 0.6 is 0 Å². The number of aromatic amines is 1. The second-order valence-electron chi connectivity index (χ2n) is 6.72. The van der Waals surface area contributed by atoms with Gasteiger partial charge in [-0.05, 0) is 42.0 Å². The highest BCUT2D eigenvalue weighted by Gasteiger charge is 2.06. The molecule has 4 aromatic rings. The first-order valence-corrected chi connectivity index (χ1v) is 9.37. The fourth-order valence-electron chi connectivity index (χ4n) is 3.37. The molecule has 0 saturated heterocycles. The number of carbonyl (C=O) groups is 1. The van der Waals surface area contributed by atoms with Crippen LogP contribution in [-0.2, 0) is 6.54 Å². The molecule has 5 nitrogen and oxygen atoms in total. The fraction of sp³-hybridized carbons (Fsp3) is 0.174. The lowest BCUT2D eigenvalue weighted by Crippen LogP contribution is -2.31. The molecule has 28 heavy (non-hydrogen) atoms. The first kappa shape index (κ1) is 18.1. The van der Waals surface area contributed by atoms with Gasteiger partial charge in [0.15, 0.2) is 0 Å². The molecule has 0 spiro atoms. The summed E-state index contributed by atoms with van der Waals surface area (Å²) in [5.74, 6) is 0.583. The van der Waals surface area contributed by atoms with Gasteiger partial charge in [-0.2, -0.15) is 0 Å². The summed E-state index contributed by atoms with van der Waals surface area (Å²) in [6.45, 7) is 2.01. The van der Waals surface area contributed by atoms with Crippen molar-refractivity contribution in [2.75, 3.05) is 20.2 Å². The Bertz CT molecular complexity index is 1120. The van der Waals surface area contributed by atoms with E-state index < -0.39 is 0 Å². The summed E-state index contributed by atoms with van der Waals surface area (Å²) < 4.78 is 5.15. The zero-order chi connectivity index (χ0) is 19.3. The normalized spacial score (nSPS) is 11.0. The third-order valence-electron chi connectivity index (χ3n) is 4.82. The first-order chi connectivity index (χ1) is 13.7. The number of para-hydroxylation sites is 1. The predicted molar refractivity (Wildman–Crippen MR) is 113 cm³/mol. The zero-order valence-electron chi connectivity index (χ0n) is 15.8. The van der Waals surface area contributed by atoms with Crippen molar-refractivity contribution in [1.82, 2.24) is 15.6 Å². The van der Waals surface area contributed by atoms with Crippen molar-refractivity contribution in [2.45, 2.75) is 6.54 Å². The van der Waals surface area contributed by atoms with E-state index in [1.165, 1.54) is 16.3 Å². The lowest BCUT2D eigenvalue weighted by atomic mass is 10.1. The van der Waals surface area contributed by atoms with Gasteiger partial charge < -0.3 is 20.4 Å². The second-order valence-corrected chi connectivity index (χ2v) is 6.72. The van der Waals surface area contributed by atoms with Crippen LogP contribution in [0.2, 0.25) is 0 Å². The van der Waals surface area contributed by atoms with Crippen LogP contribution in [0, 0.1) is 0 Å². The van der Waals surface area contributed by atoms with Crippen molar-refractivity contribution in [3.63, 3.8) is 0 Å². The zero-order valence-corrected chi connectivity index (χ0v) is 15.8. The van der Waals surface area contributed by atoms with Crippen molar-refractivity contribution in [2.24, 2.45) is 0 Å². The van der Waals surface area contributed by atoms with E-state index in [9.17, 15) is 4.79 Å². The second kappa shape index (κ2) is 8.15. The van der Waals surface area contributed by atoms with E-state index in [1.807, 2.05) is 18.2 Å². The van der Waals surface area contributed by atoms with Gasteiger partial charge in [0.1, 0.15) is 5.75 Å². The highest BCUT2D eigenvalue weighted by molar-refractivity contribution is 6.07. The van der Waals surface area contributed by atoms with Gasteiger partial charge in [-0.25, -0.2) is 0 Å². The summed E-state index contributed by atoms with van der Waals surface area (Å²) >= 11 is 0. The van der Waals surface area contributed by atoms with E-state index >= 15 is 0 Å². The van der Waals surface area contributed by atoms with Gasteiger partial charge in [0.05, 0.1) is 7.11 Å². The molecule has 1 aromatic heterocycles. The molecule has 0 aliphatic rings. The Morgan fingerprint density at radius 1 is 0.929 bits per heavy atom. The maximum absolute atomic E-state index is 12.2. The van der Waals surface area contributed by atoms with Crippen LogP contribution in [0.5, 0.6) is 5.75 Å². The van der Waals surface area contributed by atoms with E-state index in [1.54, 1.807) is 19.2 Å². The Hall–Kier alpha value is -3.31. The molecule has 0 unspecified atom stereocenters. The number of fused-ring (bicyclic) bond motifs is 3. The summed E-state index contributed by atoms with van der Waals surface area (Å²) in [5, 5.41) is 8.79. The standard InChI is InChI=1S/C23H23N3O2/c1-28-18-6-4-5-17(14-18)23(27)25-12-11-24-15-16-9-10-22-20(13-16)19-7-2-3-8-21(19)26-22/h2-10,13-14,24,26H,11-12,15H2,1H3,(H,25,27). The number of rotatable bonds is 7. The Morgan fingerprint density at radius 3 is 2.68 bits per heavy atom. The number of carbonyl (C=O) groups excluding carboxylic acids is 1. The van der Waals surface area contributed by atoms with Gasteiger partial charge in [-0.1, -0.05) is 30.3 Å². The van der Waals surface area contributed by atoms with Crippen molar-refractivity contribution in [3.8, 4) is 5.75 Å². The third-order valence-corrected chi connectivity index (χ3v) is 4.82. The number of hydrogen-bond acceptors (Lipinski definition) is 3. The molecule has 0 bridgehead atoms. The maximum atomic E-state index is 12.2. The molecule has 4 rings (SSSR count). The van der Waals surface area contributed by atoms with E-state index in [0.717, 1.165) is 17.6 Å². The van der Waals surface area contributed by atoms with Gasteiger partial charge >= 0.3 is 0 Å². The smallest absolute Gasteiger partial charge is 0.251 e. The molecule has 1 heterocycles. The fourth-order valence-corrected chi connectivity index (χ4v) is 3.37. The molecule has 142 valence electrons. The minimum atomic E-state index is -0.0964. The number of ether oxygens (including phenoxy) is 1. The van der Waals surface area contributed by atoms with Crippen LogP contribution in [0.25, 0.3) is 21.8 Å². The largest absolute Gasteiger partial charge is 0.497 e. The third kappa shape index (κ3) is 3.85.